The Labute approximate surface area is 112 Å². The number of fused-ring (bicyclic) bond motifs is 1. The summed E-state index contributed by atoms with van der Waals surface area (Å²) in [6, 6.07) is 8.11. The zero-order valence-electron chi connectivity index (χ0n) is 10.6. The number of carbonyl (C=O) groups excluding carboxylic acids is 1. The van der Waals surface area contributed by atoms with Crippen LogP contribution in [0, 0.1) is 0 Å². The van der Waals surface area contributed by atoms with Gasteiger partial charge in [-0.2, -0.15) is 0 Å². The fraction of sp³-hybridized carbons (Fsp3) is 0.500. The average molecular weight is 266 g/mol. The van der Waals surface area contributed by atoms with Gasteiger partial charge in [0.05, 0.1) is 6.61 Å². The molecule has 1 aromatic carbocycles. The molecular weight excluding hydrogens is 248 g/mol. The van der Waals surface area contributed by atoms with Crippen LogP contribution in [0.5, 0.6) is 0 Å². The lowest BCUT2D eigenvalue weighted by atomic mass is 10.0. The van der Waals surface area contributed by atoms with Gasteiger partial charge in [0, 0.05) is 6.61 Å². The fourth-order valence-corrected chi connectivity index (χ4v) is 3.20. The minimum atomic E-state index is -0.170. The molecule has 0 bridgehead atoms. The van der Waals surface area contributed by atoms with Crippen LogP contribution in [0.3, 0.4) is 0 Å². The molecule has 1 aliphatic rings. The number of carbonyl (C=O) groups is 1. The maximum absolute atomic E-state index is 12.0. The normalized spacial score (nSPS) is 18.2. The van der Waals surface area contributed by atoms with Crippen LogP contribution >= 0.6 is 11.8 Å². The summed E-state index contributed by atoms with van der Waals surface area (Å²) >= 11 is 1.66. The molecule has 3 nitrogen and oxygen atoms in total. The van der Waals surface area contributed by atoms with Crippen molar-refractivity contribution in [1.29, 1.82) is 0 Å². The lowest BCUT2D eigenvalue weighted by molar-refractivity contribution is -0.144. The summed E-state index contributed by atoms with van der Waals surface area (Å²) in [6.07, 6.45) is 1.03. The van der Waals surface area contributed by atoms with Crippen molar-refractivity contribution in [1.82, 2.24) is 0 Å². The Hall–Kier alpha value is -1.00. The summed E-state index contributed by atoms with van der Waals surface area (Å²) in [5, 5.41) is -0.170. The van der Waals surface area contributed by atoms with Crippen molar-refractivity contribution in [3.63, 3.8) is 0 Å². The number of rotatable bonds is 5. The van der Waals surface area contributed by atoms with E-state index in [-0.39, 0.29) is 11.2 Å². The molecule has 0 radical (unpaired) electrons. The Morgan fingerprint density at radius 2 is 2.22 bits per heavy atom. The van der Waals surface area contributed by atoms with Gasteiger partial charge in [0.15, 0.2) is 0 Å². The Kier molecular flexibility index (Phi) is 5.08. The van der Waals surface area contributed by atoms with Crippen molar-refractivity contribution in [3.05, 3.63) is 35.4 Å². The van der Waals surface area contributed by atoms with Crippen LogP contribution in [0.4, 0.5) is 0 Å². The van der Waals surface area contributed by atoms with E-state index in [1.807, 2.05) is 25.1 Å². The predicted molar refractivity (Wildman–Crippen MR) is 72.8 cm³/mol. The summed E-state index contributed by atoms with van der Waals surface area (Å²) in [7, 11) is 0. The second kappa shape index (κ2) is 6.81. The number of ether oxygens (including phenoxy) is 2. The average Bonchev–Trinajstić information content (AvgIpc) is 2.43. The molecule has 0 unspecified atom stereocenters. The van der Waals surface area contributed by atoms with Gasteiger partial charge in [-0.25, -0.2) is 0 Å². The topological polar surface area (TPSA) is 35.5 Å². The largest absolute Gasteiger partial charge is 0.462 e. The molecule has 1 atom stereocenters. The highest BCUT2D eigenvalue weighted by Gasteiger charge is 2.27. The Balaban J connectivity index is 1.95. The SMILES string of the molecule is CCOCCOC(=O)[C@@H]1SCCc2ccccc21. The highest BCUT2D eigenvalue weighted by Crippen LogP contribution is 2.37. The molecule has 0 N–H and O–H groups in total. The maximum atomic E-state index is 12.0. The number of esters is 1. The summed E-state index contributed by atoms with van der Waals surface area (Å²) in [4.78, 5) is 12.0. The molecular formula is C14H18O3S. The number of benzene rings is 1. The van der Waals surface area contributed by atoms with Gasteiger partial charge in [-0.15, -0.1) is 11.8 Å². The minimum Gasteiger partial charge on any atom is -0.462 e. The van der Waals surface area contributed by atoms with Gasteiger partial charge in [0.1, 0.15) is 11.9 Å². The van der Waals surface area contributed by atoms with Gasteiger partial charge in [-0.05, 0) is 30.2 Å². The van der Waals surface area contributed by atoms with Crippen molar-refractivity contribution in [3.8, 4) is 0 Å². The highest BCUT2D eigenvalue weighted by molar-refractivity contribution is 8.00. The van der Waals surface area contributed by atoms with Crippen molar-refractivity contribution in [2.45, 2.75) is 18.6 Å². The van der Waals surface area contributed by atoms with Gasteiger partial charge >= 0.3 is 5.97 Å². The molecule has 1 aromatic rings. The van der Waals surface area contributed by atoms with E-state index in [1.54, 1.807) is 11.8 Å². The van der Waals surface area contributed by atoms with E-state index < -0.39 is 0 Å². The monoisotopic (exact) mass is 266 g/mol. The number of aryl methyl sites for hydroxylation is 1. The molecule has 0 aliphatic carbocycles. The molecule has 0 aromatic heterocycles. The van der Waals surface area contributed by atoms with Crippen LogP contribution in [-0.2, 0) is 20.7 Å². The molecule has 0 amide bonds. The molecule has 0 spiro atoms. The van der Waals surface area contributed by atoms with E-state index in [4.69, 9.17) is 9.47 Å². The van der Waals surface area contributed by atoms with E-state index in [9.17, 15) is 4.79 Å². The first-order valence-corrected chi connectivity index (χ1v) is 7.31. The standard InChI is InChI=1S/C14H18O3S/c1-2-16-8-9-17-14(15)13-12-6-4-3-5-11(12)7-10-18-13/h3-6,13H,2,7-10H2,1H3/t13-/m1/s1. The third kappa shape index (κ3) is 3.27. The lowest BCUT2D eigenvalue weighted by Crippen LogP contribution is -2.20. The van der Waals surface area contributed by atoms with Gasteiger partial charge in [-0.1, -0.05) is 24.3 Å². The van der Waals surface area contributed by atoms with Gasteiger partial charge in [0.2, 0.25) is 0 Å². The first kappa shape index (κ1) is 13.4. The fourth-order valence-electron chi connectivity index (χ4n) is 2.01. The molecule has 1 aliphatic heterocycles. The molecule has 0 saturated heterocycles. The van der Waals surface area contributed by atoms with Crippen molar-refractivity contribution >= 4 is 17.7 Å². The van der Waals surface area contributed by atoms with Crippen LogP contribution in [0.25, 0.3) is 0 Å². The number of hydrogen-bond donors (Lipinski definition) is 0. The third-order valence-corrected chi connectivity index (χ3v) is 4.10. The molecule has 2 rings (SSSR count). The molecule has 98 valence electrons. The van der Waals surface area contributed by atoms with E-state index in [1.165, 1.54) is 5.56 Å². The molecule has 0 saturated carbocycles. The zero-order chi connectivity index (χ0) is 12.8. The first-order valence-electron chi connectivity index (χ1n) is 6.26. The van der Waals surface area contributed by atoms with E-state index in [0.29, 0.717) is 19.8 Å². The van der Waals surface area contributed by atoms with Gasteiger partial charge in [0.25, 0.3) is 0 Å². The Bertz CT molecular complexity index is 406. The smallest absolute Gasteiger partial charge is 0.323 e. The van der Waals surface area contributed by atoms with Crippen LogP contribution < -0.4 is 0 Å². The van der Waals surface area contributed by atoms with Crippen molar-refractivity contribution < 1.29 is 14.3 Å². The molecule has 18 heavy (non-hydrogen) atoms. The van der Waals surface area contributed by atoms with Crippen LogP contribution in [0.1, 0.15) is 23.3 Å². The van der Waals surface area contributed by atoms with E-state index in [2.05, 4.69) is 6.07 Å². The third-order valence-electron chi connectivity index (χ3n) is 2.88. The summed E-state index contributed by atoms with van der Waals surface area (Å²) in [6.45, 7) is 3.39. The van der Waals surface area contributed by atoms with Crippen molar-refractivity contribution in [2.24, 2.45) is 0 Å². The number of thioether (sulfide) groups is 1. The summed E-state index contributed by atoms with van der Waals surface area (Å²) in [5.74, 6) is 0.828. The maximum Gasteiger partial charge on any atom is 0.323 e. The summed E-state index contributed by atoms with van der Waals surface area (Å²) in [5.41, 5.74) is 2.37. The quantitative estimate of drug-likeness (QED) is 0.606. The predicted octanol–water partition coefficient (Wildman–Crippen LogP) is 2.60. The molecule has 4 heteroatoms. The van der Waals surface area contributed by atoms with Crippen LogP contribution in [-0.4, -0.2) is 31.5 Å². The second-order valence-electron chi connectivity index (χ2n) is 4.06. The Morgan fingerprint density at radius 3 is 3.06 bits per heavy atom. The van der Waals surface area contributed by atoms with E-state index >= 15 is 0 Å². The van der Waals surface area contributed by atoms with Crippen molar-refractivity contribution in [2.75, 3.05) is 25.6 Å². The summed E-state index contributed by atoms with van der Waals surface area (Å²) < 4.78 is 10.4. The zero-order valence-corrected chi connectivity index (χ0v) is 11.4. The number of hydrogen-bond acceptors (Lipinski definition) is 4. The highest BCUT2D eigenvalue weighted by atomic mass is 32.2. The minimum absolute atomic E-state index is 0.146. The second-order valence-corrected chi connectivity index (χ2v) is 5.28. The molecule has 1 heterocycles. The molecule has 0 fully saturated rings. The van der Waals surface area contributed by atoms with E-state index in [0.717, 1.165) is 17.7 Å². The van der Waals surface area contributed by atoms with Crippen LogP contribution in [0.15, 0.2) is 24.3 Å². The first-order chi connectivity index (χ1) is 8.83. The van der Waals surface area contributed by atoms with Crippen LogP contribution in [0.2, 0.25) is 0 Å². The van der Waals surface area contributed by atoms with Gasteiger partial charge < -0.3 is 9.47 Å². The lowest BCUT2D eigenvalue weighted by Gasteiger charge is -2.23. The Morgan fingerprint density at radius 1 is 1.39 bits per heavy atom. The van der Waals surface area contributed by atoms with Gasteiger partial charge in [-0.3, -0.25) is 4.79 Å².